The van der Waals surface area contributed by atoms with Gasteiger partial charge in [0.15, 0.2) is 5.76 Å². The minimum Gasteiger partial charge on any atom is -0.490 e. The van der Waals surface area contributed by atoms with E-state index in [4.69, 9.17) is 37.6 Å². The van der Waals surface area contributed by atoms with E-state index in [1.807, 2.05) is 38.1 Å². The number of nitrogens with zero attached hydrogens (tertiary/aromatic N) is 1. The summed E-state index contributed by atoms with van der Waals surface area (Å²) in [6.07, 6.45) is 3.10. The van der Waals surface area contributed by atoms with Crippen LogP contribution in [0.5, 0.6) is 5.75 Å². The summed E-state index contributed by atoms with van der Waals surface area (Å²) in [7, 11) is 0. The molecule has 0 aliphatic rings. The molecule has 0 unspecified atom stereocenters. The van der Waals surface area contributed by atoms with E-state index in [2.05, 4.69) is 10.5 Å². The second-order valence-corrected chi connectivity index (χ2v) is 8.65. The van der Waals surface area contributed by atoms with E-state index in [9.17, 15) is 9.59 Å². The Bertz CT molecular complexity index is 1240. The molecule has 0 spiro atoms. The van der Waals surface area contributed by atoms with Crippen molar-refractivity contribution in [1.29, 1.82) is 0 Å². The van der Waals surface area contributed by atoms with Crippen molar-refractivity contribution >= 4 is 40.7 Å². The molecule has 0 saturated carbocycles. The van der Waals surface area contributed by atoms with E-state index >= 15 is 0 Å². The molecule has 1 amide bonds. The minimum absolute atomic E-state index is 0.0108. The van der Waals surface area contributed by atoms with Gasteiger partial charge in [-0.05, 0) is 55.2 Å². The van der Waals surface area contributed by atoms with Crippen LogP contribution in [0.1, 0.15) is 48.4 Å². The van der Waals surface area contributed by atoms with E-state index in [-0.39, 0.29) is 25.5 Å². The Labute approximate surface area is 213 Å². The van der Waals surface area contributed by atoms with Gasteiger partial charge in [-0.1, -0.05) is 59.6 Å². The lowest BCUT2D eigenvalue weighted by atomic mass is 9.99. The maximum absolute atomic E-state index is 13.2. The predicted octanol–water partition coefficient (Wildman–Crippen LogP) is 6.29. The van der Waals surface area contributed by atoms with Gasteiger partial charge in [-0.2, -0.15) is 0 Å². The van der Waals surface area contributed by atoms with Gasteiger partial charge in [-0.15, -0.1) is 0 Å². The van der Waals surface area contributed by atoms with Crippen LogP contribution >= 0.6 is 23.2 Å². The number of allylic oxidation sites excluding steroid dienone is 2. The third kappa shape index (κ3) is 7.10. The number of aromatic nitrogens is 1. The molecule has 0 fully saturated rings. The molecular formula is C26H26Cl2N2O5. The highest BCUT2D eigenvalue weighted by Gasteiger charge is 2.25. The van der Waals surface area contributed by atoms with Crippen molar-refractivity contribution in [2.45, 2.75) is 33.1 Å². The van der Waals surface area contributed by atoms with Crippen LogP contribution in [0, 0.1) is 0 Å². The molecule has 2 N–H and O–H groups in total. The first-order chi connectivity index (χ1) is 16.8. The Kier molecular flexibility index (Phi) is 9.34. The molecule has 3 aromatic rings. The molecule has 35 heavy (non-hydrogen) atoms. The SMILES string of the molecule is CC/C=C(\C)c1onc(-c2cccc(CCC(=O)O)c2)c1C(=O)NCCOc1ccc(Cl)cc1Cl. The Hall–Kier alpha value is -3.29. The average molecular weight is 517 g/mol. The summed E-state index contributed by atoms with van der Waals surface area (Å²) < 4.78 is 11.2. The number of halogens is 2. The number of hydrogen-bond donors (Lipinski definition) is 2. The monoisotopic (exact) mass is 516 g/mol. The van der Waals surface area contributed by atoms with Gasteiger partial charge in [0.2, 0.25) is 0 Å². The lowest BCUT2D eigenvalue weighted by molar-refractivity contribution is -0.136. The maximum Gasteiger partial charge on any atom is 0.303 e. The van der Waals surface area contributed by atoms with Crippen molar-refractivity contribution in [3.05, 3.63) is 75.5 Å². The number of benzene rings is 2. The Morgan fingerprint density at radius 2 is 2.00 bits per heavy atom. The Morgan fingerprint density at radius 1 is 1.20 bits per heavy atom. The third-order valence-electron chi connectivity index (χ3n) is 5.15. The number of aliphatic carboxylic acids is 1. The summed E-state index contributed by atoms with van der Waals surface area (Å²) in [5.74, 6) is -0.378. The maximum atomic E-state index is 13.2. The molecular weight excluding hydrogens is 491 g/mol. The summed E-state index contributed by atoms with van der Waals surface area (Å²) >= 11 is 12.0. The summed E-state index contributed by atoms with van der Waals surface area (Å²) in [4.78, 5) is 24.2. The lowest BCUT2D eigenvalue weighted by Crippen LogP contribution is -2.29. The van der Waals surface area contributed by atoms with Crippen molar-refractivity contribution in [2.75, 3.05) is 13.2 Å². The highest BCUT2D eigenvalue weighted by atomic mass is 35.5. The summed E-state index contributed by atoms with van der Waals surface area (Å²) in [5.41, 5.74) is 2.99. The van der Waals surface area contributed by atoms with Gasteiger partial charge in [0.05, 0.1) is 11.6 Å². The normalized spacial score (nSPS) is 11.4. The van der Waals surface area contributed by atoms with Gasteiger partial charge in [-0.25, -0.2) is 0 Å². The number of carboxylic acid groups (broad SMARTS) is 1. The first kappa shape index (κ1) is 26.3. The fourth-order valence-corrected chi connectivity index (χ4v) is 3.96. The van der Waals surface area contributed by atoms with Crippen molar-refractivity contribution in [1.82, 2.24) is 10.5 Å². The topological polar surface area (TPSA) is 102 Å². The van der Waals surface area contributed by atoms with E-state index in [0.717, 1.165) is 17.6 Å². The molecule has 2 aromatic carbocycles. The molecule has 0 aliphatic heterocycles. The second-order valence-electron chi connectivity index (χ2n) is 7.80. The predicted molar refractivity (Wildman–Crippen MR) is 136 cm³/mol. The van der Waals surface area contributed by atoms with Crippen LogP contribution in [-0.4, -0.2) is 35.3 Å². The number of carboxylic acids is 1. The largest absolute Gasteiger partial charge is 0.490 e. The van der Waals surface area contributed by atoms with E-state index in [0.29, 0.717) is 44.8 Å². The lowest BCUT2D eigenvalue weighted by Gasteiger charge is -2.10. The zero-order valence-electron chi connectivity index (χ0n) is 19.4. The number of carbonyl (C=O) groups excluding carboxylic acids is 1. The van der Waals surface area contributed by atoms with Gasteiger partial charge < -0.3 is 19.7 Å². The van der Waals surface area contributed by atoms with Gasteiger partial charge in [0, 0.05) is 17.0 Å². The smallest absolute Gasteiger partial charge is 0.303 e. The van der Waals surface area contributed by atoms with Crippen molar-refractivity contribution in [2.24, 2.45) is 0 Å². The first-order valence-electron chi connectivity index (χ1n) is 11.1. The number of nitrogens with one attached hydrogen (secondary N) is 1. The van der Waals surface area contributed by atoms with Crippen molar-refractivity contribution in [3.8, 4) is 17.0 Å². The first-order valence-corrected chi connectivity index (χ1v) is 11.9. The average Bonchev–Trinajstić information content (AvgIpc) is 3.27. The second kappa shape index (κ2) is 12.4. The van der Waals surface area contributed by atoms with Crippen LogP contribution in [-0.2, 0) is 11.2 Å². The van der Waals surface area contributed by atoms with Crippen molar-refractivity contribution < 1.29 is 24.0 Å². The molecule has 3 rings (SSSR count). The molecule has 0 radical (unpaired) electrons. The van der Waals surface area contributed by atoms with Gasteiger partial charge in [0.1, 0.15) is 23.6 Å². The molecule has 1 aromatic heterocycles. The number of amides is 1. The van der Waals surface area contributed by atoms with Crippen LogP contribution < -0.4 is 10.1 Å². The quantitative estimate of drug-likeness (QED) is 0.290. The minimum atomic E-state index is -0.873. The van der Waals surface area contributed by atoms with Crippen LogP contribution in [0.4, 0.5) is 0 Å². The van der Waals surface area contributed by atoms with E-state index in [1.165, 1.54) is 0 Å². The molecule has 0 bridgehead atoms. The molecule has 1 heterocycles. The van der Waals surface area contributed by atoms with E-state index < -0.39 is 5.97 Å². The fourth-order valence-electron chi connectivity index (χ4n) is 3.50. The molecule has 0 atom stereocenters. The number of hydrogen-bond acceptors (Lipinski definition) is 5. The van der Waals surface area contributed by atoms with Crippen LogP contribution in [0.2, 0.25) is 10.0 Å². The standard InChI is InChI=1S/C26H26Cl2N2O5/c1-3-5-16(2)25-23(26(33)29-12-13-34-21-10-9-19(27)15-20(21)28)24(30-35-25)18-7-4-6-17(14-18)8-11-22(31)32/h4-7,9-10,14-15H,3,8,11-13H2,1-2H3,(H,29,33)(H,31,32)/b16-5+. The number of rotatable bonds is 11. The molecule has 0 aliphatic carbocycles. The fraction of sp³-hybridized carbons (Fsp3) is 0.269. The van der Waals surface area contributed by atoms with E-state index in [1.54, 1.807) is 24.3 Å². The molecule has 9 heteroatoms. The van der Waals surface area contributed by atoms with Crippen LogP contribution in [0.15, 0.2) is 53.1 Å². The van der Waals surface area contributed by atoms with Crippen LogP contribution in [0.3, 0.4) is 0 Å². The Balaban J connectivity index is 1.80. The van der Waals surface area contributed by atoms with Crippen LogP contribution in [0.25, 0.3) is 16.8 Å². The highest BCUT2D eigenvalue weighted by molar-refractivity contribution is 6.35. The number of carbonyl (C=O) groups is 2. The van der Waals surface area contributed by atoms with Crippen molar-refractivity contribution in [3.63, 3.8) is 0 Å². The highest BCUT2D eigenvalue weighted by Crippen LogP contribution is 2.31. The third-order valence-corrected chi connectivity index (χ3v) is 5.69. The zero-order chi connectivity index (χ0) is 25.4. The molecule has 0 saturated heterocycles. The molecule has 7 nitrogen and oxygen atoms in total. The van der Waals surface area contributed by atoms with Gasteiger partial charge in [-0.3, -0.25) is 9.59 Å². The summed E-state index contributed by atoms with van der Waals surface area (Å²) in [6.45, 7) is 4.26. The Morgan fingerprint density at radius 3 is 2.71 bits per heavy atom. The number of ether oxygens (including phenoxy) is 1. The van der Waals surface area contributed by atoms with Gasteiger partial charge >= 0.3 is 5.97 Å². The number of aryl methyl sites for hydroxylation is 1. The van der Waals surface area contributed by atoms with Gasteiger partial charge in [0.25, 0.3) is 5.91 Å². The zero-order valence-corrected chi connectivity index (χ0v) is 20.9. The summed E-state index contributed by atoms with van der Waals surface area (Å²) in [5, 5.41) is 16.9. The molecule has 184 valence electrons. The summed E-state index contributed by atoms with van der Waals surface area (Å²) in [6, 6.07) is 12.2.